The number of hydrogen-bond acceptors (Lipinski definition) is 4. The van der Waals surface area contributed by atoms with E-state index in [4.69, 9.17) is 9.15 Å². The molecule has 2 N–H and O–H groups in total. The van der Waals surface area contributed by atoms with Gasteiger partial charge in [-0.25, -0.2) is 9.59 Å². The van der Waals surface area contributed by atoms with Crippen LogP contribution < -0.4 is 21.0 Å². The highest BCUT2D eigenvalue weighted by Gasteiger charge is 2.30. The predicted octanol–water partition coefficient (Wildman–Crippen LogP) is 5.62. The van der Waals surface area contributed by atoms with E-state index in [-0.39, 0.29) is 5.69 Å². The minimum atomic E-state index is -4.45. The lowest BCUT2D eigenvalue weighted by Gasteiger charge is -2.11. The number of alkyl halides is 3. The van der Waals surface area contributed by atoms with Crippen LogP contribution in [0, 0.1) is 0 Å². The van der Waals surface area contributed by atoms with E-state index in [1.54, 1.807) is 36.4 Å². The van der Waals surface area contributed by atoms with E-state index in [1.165, 1.54) is 7.11 Å². The molecule has 0 atom stereocenters. The highest BCUT2D eigenvalue weighted by atomic mass is 19.4. The van der Waals surface area contributed by atoms with Crippen LogP contribution in [-0.2, 0) is 6.18 Å². The average Bonchev–Trinajstić information content (AvgIpc) is 2.73. The number of nitrogens with one attached hydrogen (secondary N) is 2. The summed E-state index contributed by atoms with van der Waals surface area (Å²) in [5.41, 5.74) is -0.371. The quantitative estimate of drug-likeness (QED) is 0.328. The number of methoxy groups -OCH3 is 1. The maximum absolute atomic E-state index is 12.6. The molecule has 0 saturated carbocycles. The van der Waals surface area contributed by atoms with E-state index in [1.807, 2.05) is 0 Å². The lowest BCUT2D eigenvalue weighted by Crippen LogP contribution is -2.19. The van der Waals surface area contributed by atoms with Crippen LogP contribution in [0.5, 0.6) is 5.75 Å². The molecule has 4 aromatic rings. The van der Waals surface area contributed by atoms with E-state index in [0.717, 1.165) is 24.3 Å². The molecule has 1 aromatic heterocycles. The number of halogens is 3. The molecule has 0 unspecified atom stereocenters. The number of carbonyl (C=O) groups excluding carboxylic acids is 1. The third-order valence-corrected chi connectivity index (χ3v) is 4.65. The van der Waals surface area contributed by atoms with Gasteiger partial charge in [0.15, 0.2) is 0 Å². The SMILES string of the molecule is COc1ccc2c(=O)oc3ccc(NC(=O)Nc4ccc(C(F)(F)F)cc4)cc3c2c1. The van der Waals surface area contributed by atoms with E-state index in [9.17, 15) is 22.8 Å². The molecular formula is C22H15F3N2O4. The van der Waals surface area contributed by atoms with E-state index in [0.29, 0.717) is 33.2 Å². The standard InChI is InChI=1S/C22H15F3N2O4/c1-30-15-7-8-16-17(11-15)18-10-14(6-9-19(18)31-20(16)28)27-21(29)26-13-4-2-12(3-5-13)22(23,24)25/h2-11H,1H3,(H2,26,27,29). The molecule has 9 heteroatoms. The van der Waals surface area contributed by atoms with Crippen LogP contribution in [0.3, 0.4) is 0 Å². The largest absolute Gasteiger partial charge is 0.497 e. The number of amides is 2. The Labute approximate surface area is 173 Å². The first-order valence-corrected chi connectivity index (χ1v) is 9.04. The topological polar surface area (TPSA) is 80.6 Å². The van der Waals surface area contributed by atoms with Gasteiger partial charge in [-0.15, -0.1) is 0 Å². The Morgan fingerprint density at radius 3 is 2.23 bits per heavy atom. The van der Waals surface area contributed by atoms with Crippen molar-refractivity contribution in [3.63, 3.8) is 0 Å². The number of rotatable bonds is 3. The molecule has 158 valence electrons. The zero-order valence-electron chi connectivity index (χ0n) is 16.0. The first-order chi connectivity index (χ1) is 14.7. The third-order valence-electron chi connectivity index (χ3n) is 4.65. The van der Waals surface area contributed by atoms with E-state index in [2.05, 4.69) is 10.6 Å². The van der Waals surface area contributed by atoms with Crippen LogP contribution in [0.2, 0.25) is 0 Å². The molecule has 0 bridgehead atoms. The van der Waals surface area contributed by atoms with Gasteiger partial charge in [0.05, 0.1) is 18.1 Å². The molecule has 0 saturated heterocycles. The summed E-state index contributed by atoms with van der Waals surface area (Å²) in [5.74, 6) is 0.554. The minimum absolute atomic E-state index is 0.201. The first kappa shape index (κ1) is 20.3. The second kappa shape index (κ2) is 7.67. The molecular weight excluding hydrogens is 413 g/mol. The Kier molecular flexibility index (Phi) is 5.02. The second-order valence-corrected chi connectivity index (χ2v) is 6.67. The fourth-order valence-corrected chi connectivity index (χ4v) is 3.15. The molecule has 3 aromatic carbocycles. The van der Waals surface area contributed by atoms with Crippen LogP contribution in [0.1, 0.15) is 5.56 Å². The van der Waals surface area contributed by atoms with Gasteiger partial charge >= 0.3 is 17.8 Å². The van der Waals surface area contributed by atoms with Crippen molar-refractivity contribution in [3.8, 4) is 5.75 Å². The molecule has 0 aliphatic heterocycles. The Balaban J connectivity index is 1.61. The highest BCUT2D eigenvalue weighted by molar-refractivity contribution is 6.07. The molecule has 0 aliphatic rings. The molecule has 4 rings (SSSR count). The number of carbonyl (C=O) groups is 1. The summed E-state index contributed by atoms with van der Waals surface area (Å²) in [4.78, 5) is 24.5. The van der Waals surface area contributed by atoms with Crippen LogP contribution in [0.4, 0.5) is 29.3 Å². The Morgan fingerprint density at radius 2 is 1.55 bits per heavy atom. The lowest BCUT2D eigenvalue weighted by molar-refractivity contribution is -0.137. The van der Waals surface area contributed by atoms with Crippen LogP contribution >= 0.6 is 0 Å². The van der Waals surface area contributed by atoms with Crippen molar-refractivity contribution in [2.24, 2.45) is 0 Å². The van der Waals surface area contributed by atoms with Gasteiger partial charge in [-0.3, -0.25) is 0 Å². The van der Waals surface area contributed by atoms with E-state index >= 15 is 0 Å². The molecule has 1 heterocycles. The van der Waals surface area contributed by atoms with Gasteiger partial charge in [-0.2, -0.15) is 13.2 Å². The molecule has 0 radical (unpaired) electrons. The van der Waals surface area contributed by atoms with Crippen molar-refractivity contribution in [1.82, 2.24) is 0 Å². The summed E-state index contributed by atoms with van der Waals surface area (Å²) in [6.07, 6.45) is -4.45. The van der Waals surface area contributed by atoms with Crippen molar-refractivity contribution < 1.29 is 27.1 Å². The molecule has 31 heavy (non-hydrogen) atoms. The number of benzene rings is 3. The van der Waals surface area contributed by atoms with Crippen LogP contribution in [0.25, 0.3) is 21.7 Å². The minimum Gasteiger partial charge on any atom is -0.497 e. The maximum atomic E-state index is 12.6. The summed E-state index contributed by atoms with van der Waals surface area (Å²) in [6.45, 7) is 0. The summed E-state index contributed by atoms with van der Waals surface area (Å²) in [7, 11) is 1.51. The van der Waals surface area contributed by atoms with Crippen LogP contribution in [0.15, 0.2) is 69.9 Å². The van der Waals surface area contributed by atoms with Gasteiger partial charge in [0.2, 0.25) is 0 Å². The monoisotopic (exact) mass is 428 g/mol. The summed E-state index contributed by atoms with van der Waals surface area (Å²) in [6, 6.07) is 13.1. The maximum Gasteiger partial charge on any atom is 0.416 e. The number of urea groups is 1. The van der Waals surface area contributed by atoms with Crippen molar-refractivity contribution in [3.05, 3.63) is 76.6 Å². The molecule has 6 nitrogen and oxygen atoms in total. The molecule has 0 fully saturated rings. The molecule has 0 aliphatic carbocycles. The van der Waals surface area contributed by atoms with Crippen molar-refractivity contribution in [1.29, 1.82) is 0 Å². The average molecular weight is 428 g/mol. The Bertz CT molecular complexity index is 1350. The Hall–Kier alpha value is -4.01. The molecule has 0 spiro atoms. The highest BCUT2D eigenvalue weighted by Crippen LogP contribution is 2.30. The smallest absolute Gasteiger partial charge is 0.416 e. The second-order valence-electron chi connectivity index (χ2n) is 6.67. The zero-order chi connectivity index (χ0) is 22.2. The molecule has 2 amide bonds. The number of ether oxygens (including phenoxy) is 1. The van der Waals surface area contributed by atoms with Gasteiger partial charge in [-0.05, 0) is 60.7 Å². The van der Waals surface area contributed by atoms with Crippen molar-refractivity contribution >= 4 is 39.1 Å². The van der Waals surface area contributed by atoms with E-state index < -0.39 is 23.4 Å². The van der Waals surface area contributed by atoms with Gasteiger partial charge in [0.1, 0.15) is 11.3 Å². The normalized spacial score (nSPS) is 11.5. The number of anilines is 2. The lowest BCUT2D eigenvalue weighted by atomic mass is 10.1. The zero-order valence-corrected chi connectivity index (χ0v) is 16.0. The third kappa shape index (κ3) is 4.16. The summed E-state index contributed by atoms with van der Waals surface area (Å²) >= 11 is 0. The Morgan fingerprint density at radius 1 is 0.871 bits per heavy atom. The number of hydrogen-bond donors (Lipinski definition) is 2. The van der Waals surface area contributed by atoms with Gasteiger partial charge < -0.3 is 19.8 Å². The fourth-order valence-electron chi connectivity index (χ4n) is 3.15. The first-order valence-electron chi connectivity index (χ1n) is 9.04. The van der Waals surface area contributed by atoms with Crippen molar-refractivity contribution in [2.75, 3.05) is 17.7 Å². The number of fused-ring (bicyclic) bond motifs is 3. The van der Waals surface area contributed by atoms with Gasteiger partial charge in [-0.1, -0.05) is 0 Å². The fraction of sp³-hybridized carbons (Fsp3) is 0.0909. The van der Waals surface area contributed by atoms with Crippen LogP contribution in [-0.4, -0.2) is 13.1 Å². The van der Waals surface area contributed by atoms with Gasteiger partial charge in [0, 0.05) is 22.1 Å². The predicted molar refractivity (Wildman–Crippen MR) is 111 cm³/mol. The summed E-state index contributed by atoms with van der Waals surface area (Å²) in [5, 5.41) is 6.62. The van der Waals surface area contributed by atoms with Crippen molar-refractivity contribution in [2.45, 2.75) is 6.18 Å². The summed E-state index contributed by atoms with van der Waals surface area (Å²) < 4.78 is 48.5. The van der Waals surface area contributed by atoms with Gasteiger partial charge in [0.25, 0.3) is 0 Å².